The van der Waals surface area contributed by atoms with Gasteiger partial charge in [0.2, 0.25) is 10.0 Å². The van der Waals surface area contributed by atoms with E-state index in [9.17, 15) is 8.42 Å². The third-order valence-electron chi connectivity index (χ3n) is 3.28. The van der Waals surface area contributed by atoms with Crippen molar-refractivity contribution in [2.75, 3.05) is 23.7 Å². The monoisotopic (exact) mass is 285 g/mol. The Balaban J connectivity index is 3.05. The van der Waals surface area contributed by atoms with Gasteiger partial charge >= 0.3 is 0 Å². The second-order valence-corrected chi connectivity index (χ2v) is 6.35. The molecule has 0 heterocycles. The Morgan fingerprint density at radius 3 is 2.37 bits per heavy atom. The van der Waals surface area contributed by atoms with Crippen LogP contribution in [0.25, 0.3) is 0 Å². The summed E-state index contributed by atoms with van der Waals surface area (Å²) in [6.45, 7) is 8.16. The second-order valence-electron chi connectivity index (χ2n) is 4.82. The van der Waals surface area contributed by atoms with Crippen molar-refractivity contribution in [3.63, 3.8) is 0 Å². The smallest absolute Gasteiger partial charge is 0.240 e. The lowest BCUT2D eigenvalue weighted by Crippen LogP contribution is -2.28. The van der Waals surface area contributed by atoms with Gasteiger partial charge in [0.1, 0.15) is 4.90 Å². The summed E-state index contributed by atoms with van der Waals surface area (Å²) in [6.07, 6.45) is 1.10. The van der Waals surface area contributed by atoms with Gasteiger partial charge in [-0.25, -0.2) is 13.6 Å². The summed E-state index contributed by atoms with van der Waals surface area (Å²) in [4.78, 5) is 2.16. The van der Waals surface area contributed by atoms with Crippen LogP contribution in [0.1, 0.15) is 27.2 Å². The van der Waals surface area contributed by atoms with Crippen LogP contribution in [0, 0.1) is 5.92 Å². The zero-order valence-electron chi connectivity index (χ0n) is 11.8. The lowest BCUT2D eigenvalue weighted by atomic mass is 10.1. The molecule has 6 heteroatoms. The first-order chi connectivity index (χ1) is 8.79. The molecular weight excluding hydrogens is 262 g/mol. The molecule has 0 saturated heterocycles. The molecule has 0 aliphatic heterocycles. The summed E-state index contributed by atoms with van der Waals surface area (Å²) in [6, 6.07) is 4.90. The van der Waals surface area contributed by atoms with Crippen molar-refractivity contribution >= 4 is 21.4 Å². The van der Waals surface area contributed by atoms with Crippen LogP contribution in [0.4, 0.5) is 11.4 Å². The summed E-state index contributed by atoms with van der Waals surface area (Å²) in [5.74, 6) is 0.569. The molecule has 1 aromatic rings. The van der Waals surface area contributed by atoms with Crippen LogP contribution >= 0.6 is 0 Å². The van der Waals surface area contributed by atoms with Crippen LogP contribution in [0.3, 0.4) is 0 Å². The van der Waals surface area contributed by atoms with Gasteiger partial charge in [-0.05, 0) is 31.0 Å². The van der Waals surface area contributed by atoms with Gasteiger partial charge in [-0.2, -0.15) is 0 Å². The third kappa shape index (κ3) is 4.11. The molecule has 108 valence electrons. The zero-order valence-corrected chi connectivity index (χ0v) is 12.6. The molecule has 0 aliphatic rings. The summed E-state index contributed by atoms with van der Waals surface area (Å²) in [7, 11) is -3.75. The molecule has 0 saturated carbocycles. The van der Waals surface area contributed by atoms with E-state index in [1.165, 1.54) is 6.07 Å². The highest BCUT2D eigenvalue weighted by molar-refractivity contribution is 7.89. The van der Waals surface area contributed by atoms with Crippen LogP contribution in [0.5, 0.6) is 0 Å². The van der Waals surface area contributed by atoms with E-state index in [2.05, 4.69) is 25.7 Å². The third-order valence-corrected chi connectivity index (χ3v) is 4.26. The van der Waals surface area contributed by atoms with Crippen LogP contribution in [-0.4, -0.2) is 21.5 Å². The Bertz CT molecular complexity index is 529. The maximum Gasteiger partial charge on any atom is 0.240 e. The van der Waals surface area contributed by atoms with Gasteiger partial charge < -0.3 is 10.6 Å². The summed E-state index contributed by atoms with van der Waals surface area (Å²) in [5.41, 5.74) is 6.90. The van der Waals surface area contributed by atoms with Crippen LogP contribution in [-0.2, 0) is 10.0 Å². The second kappa shape index (κ2) is 6.25. The van der Waals surface area contributed by atoms with Crippen molar-refractivity contribution in [2.24, 2.45) is 11.1 Å². The molecule has 0 aliphatic carbocycles. The predicted molar refractivity (Wildman–Crippen MR) is 79.6 cm³/mol. The molecule has 1 unspecified atom stereocenters. The standard InChI is InChI=1S/C13H23N3O2S/c1-4-10(3)9-16(5-2)11-6-7-13(12(14)8-11)19(15,17)18/h6-8,10H,4-5,9,14H2,1-3H3,(H2,15,17,18). The maximum absolute atomic E-state index is 11.3. The van der Waals surface area contributed by atoms with E-state index in [0.717, 1.165) is 25.2 Å². The van der Waals surface area contributed by atoms with Crippen molar-refractivity contribution in [2.45, 2.75) is 32.1 Å². The number of hydrogen-bond donors (Lipinski definition) is 2. The van der Waals surface area contributed by atoms with Crippen LogP contribution in [0.2, 0.25) is 0 Å². The normalized spacial score (nSPS) is 13.3. The molecule has 0 radical (unpaired) electrons. The predicted octanol–water partition coefficient (Wildman–Crippen LogP) is 1.79. The summed E-state index contributed by atoms with van der Waals surface area (Å²) < 4.78 is 22.6. The van der Waals surface area contributed by atoms with Gasteiger partial charge in [0.25, 0.3) is 0 Å². The molecule has 0 bridgehead atoms. The molecule has 1 atom stereocenters. The highest BCUT2D eigenvalue weighted by atomic mass is 32.2. The molecule has 1 rings (SSSR count). The van der Waals surface area contributed by atoms with Gasteiger partial charge in [-0.1, -0.05) is 20.3 Å². The van der Waals surface area contributed by atoms with Gasteiger partial charge in [-0.15, -0.1) is 0 Å². The van der Waals surface area contributed by atoms with Gasteiger partial charge in [0, 0.05) is 18.8 Å². The molecule has 0 aromatic heterocycles. The van der Waals surface area contributed by atoms with Crippen molar-refractivity contribution in [3.8, 4) is 0 Å². The van der Waals surface area contributed by atoms with Crippen molar-refractivity contribution < 1.29 is 8.42 Å². The lowest BCUT2D eigenvalue weighted by molar-refractivity contribution is 0.548. The Kier molecular flexibility index (Phi) is 5.20. The topological polar surface area (TPSA) is 89.4 Å². The first kappa shape index (κ1) is 15.8. The van der Waals surface area contributed by atoms with Crippen molar-refractivity contribution in [1.29, 1.82) is 0 Å². The number of anilines is 2. The first-order valence-electron chi connectivity index (χ1n) is 6.46. The van der Waals surface area contributed by atoms with E-state index in [-0.39, 0.29) is 10.6 Å². The van der Waals surface area contributed by atoms with E-state index in [4.69, 9.17) is 10.9 Å². The van der Waals surface area contributed by atoms with Gasteiger partial charge in [0.05, 0.1) is 5.69 Å². The first-order valence-corrected chi connectivity index (χ1v) is 8.01. The molecule has 1 aromatic carbocycles. The van der Waals surface area contributed by atoms with Crippen LogP contribution in [0.15, 0.2) is 23.1 Å². The Hall–Kier alpha value is -1.27. The minimum atomic E-state index is -3.75. The average molecular weight is 285 g/mol. The molecule has 19 heavy (non-hydrogen) atoms. The largest absolute Gasteiger partial charge is 0.398 e. The molecule has 4 N–H and O–H groups in total. The van der Waals surface area contributed by atoms with Gasteiger partial charge in [0.15, 0.2) is 0 Å². The molecule has 0 fully saturated rings. The quantitative estimate of drug-likeness (QED) is 0.780. The SMILES string of the molecule is CCC(C)CN(CC)c1ccc(S(N)(=O)=O)c(N)c1. The van der Waals surface area contributed by atoms with Gasteiger partial charge in [-0.3, -0.25) is 0 Å². The van der Waals surface area contributed by atoms with Crippen molar-refractivity contribution in [1.82, 2.24) is 0 Å². The van der Waals surface area contributed by atoms with Crippen molar-refractivity contribution in [3.05, 3.63) is 18.2 Å². The highest BCUT2D eigenvalue weighted by Gasteiger charge is 2.15. The fourth-order valence-electron chi connectivity index (χ4n) is 1.91. The number of nitrogens with zero attached hydrogens (tertiary/aromatic N) is 1. The van der Waals surface area contributed by atoms with E-state index in [1.54, 1.807) is 12.1 Å². The van der Waals surface area contributed by atoms with E-state index in [1.807, 2.05) is 0 Å². The molecule has 0 amide bonds. The minimum absolute atomic E-state index is 0.0177. The fourth-order valence-corrected chi connectivity index (χ4v) is 2.56. The lowest BCUT2D eigenvalue weighted by Gasteiger charge is -2.26. The summed E-state index contributed by atoms with van der Waals surface area (Å²) >= 11 is 0. The number of nitrogens with two attached hydrogens (primary N) is 2. The number of primary sulfonamides is 1. The van der Waals surface area contributed by atoms with E-state index in [0.29, 0.717) is 5.92 Å². The Morgan fingerprint density at radius 2 is 1.95 bits per heavy atom. The number of hydrogen-bond acceptors (Lipinski definition) is 4. The Morgan fingerprint density at radius 1 is 1.32 bits per heavy atom. The molecular formula is C13H23N3O2S. The minimum Gasteiger partial charge on any atom is -0.398 e. The Labute approximate surface area is 115 Å². The average Bonchev–Trinajstić information content (AvgIpc) is 2.33. The van der Waals surface area contributed by atoms with E-state index < -0.39 is 10.0 Å². The fraction of sp³-hybridized carbons (Fsp3) is 0.538. The van der Waals surface area contributed by atoms with E-state index >= 15 is 0 Å². The number of rotatable bonds is 6. The summed E-state index contributed by atoms with van der Waals surface area (Å²) in [5, 5.41) is 5.10. The highest BCUT2D eigenvalue weighted by Crippen LogP contribution is 2.25. The van der Waals surface area contributed by atoms with Crippen LogP contribution < -0.4 is 15.8 Å². The molecule has 5 nitrogen and oxygen atoms in total. The number of sulfonamides is 1. The zero-order chi connectivity index (χ0) is 14.6. The molecule has 0 spiro atoms. The number of nitrogen functional groups attached to an aromatic ring is 1. The number of benzene rings is 1. The maximum atomic E-state index is 11.3.